The molecular weight excluding hydrogens is 334 g/mol. The summed E-state index contributed by atoms with van der Waals surface area (Å²) in [6.45, 7) is 4.91. The van der Waals surface area contributed by atoms with Gasteiger partial charge in [-0.05, 0) is 30.4 Å². The van der Waals surface area contributed by atoms with Crippen LogP contribution in [0.4, 0.5) is 0 Å². The normalized spacial score (nSPS) is 11.1. The molecule has 1 aromatic carbocycles. The van der Waals surface area contributed by atoms with Crippen molar-refractivity contribution < 1.29 is 14.3 Å². The third-order valence-corrected chi connectivity index (χ3v) is 3.93. The van der Waals surface area contributed by atoms with Crippen molar-refractivity contribution in [2.24, 2.45) is 5.41 Å². The smallest absolute Gasteiger partial charge is 0.258 e. The van der Waals surface area contributed by atoms with Gasteiger partial charge in [0.25, 0.3) is 5.91 Å². The third-order valence-electron chi connectivity index (χ3n) is 3.37. The van der Waals surface area contributed by atoms with Gasteiger partial charge in [0.15, 0.2) is 0 Å². The molecule has 0 aliphatic rings. The van der Waals surface area contributed by atoms with E-state index in [1.54, 1.807) is 32.4 Å². The van der Waals surface area contributed by atoms with E-state index in [1.807, 2.05) is 0 Å². The molecule has 1 amide bonds. The van der Waals surface area contributed by atoms with Gasteiger partial charge in [0.05, 0.1) is 14.2 Å². The van der Waals surface area contributed by atoms with Crippen LogP contribution >= 0.6 is 15.9 Å². The van der Waals surface area contributed by atoms with Crippen molar-refractivity contribution >= 4 is 21.8 Å². The number of methoxy groups -OCH3 is 2. The van der Waals surface area contributed by atoms with Gasteiger partial charge in [0, 0.05) is 11.9 Å². The van der Waals surface area contributed by atoms with Crippen LogP contribution in [-0.2, 0) is 0 Å². The van der Waals surface area contributed by atoms with E-state index in [0.717, 1.165) is 18.2 Å². The molecule has 0 aliphatic heterocycles. The van der Waals surface area contributed by atoms with Crippen molar-refractivity contribution in [3.8, 4) is 11.5 Å². The van der Waals surface area contributed by atoms with E-state index < -0.39 is 0 Å². The Kier molecular flexibility index (Phi) is 7.02. The highest BCUT2D eigenvalue weighted by Crippen LogP contribution is 2.28. The van der Waals surface area contributed by atoms with Gasteiger partial charge in [0.1, 0.15) is 17.1 Å². The molecule has 0 heterocycles. The molecule has 0 saturated heterocycles. The molecular formula is C16H24BrNO3. The minimum atomic E-state index is -0.170. The SMILES string of the molecule is COc1cccc(OC)c1C(=O)NCC(C)(C)CCCBr. The van der Waals surface area contributed by atoms with Crippen LogP contribution in [0.3, 0.4) is 0 Å². The van der Waals surface area contributed by atoms with Crippen LogP contribution in [0.5, 0.6) is 11.5 Å². The Morgan fingerprint density at radius 1 is 1.24 bits per heavy atom. The predicted molar refractivity (Wildman–Crippen MR) is 88.7 cm³/mol. The lowest BCUT2D eigenvalue weighted by atomic mass is 9.88. The molecule has 1 N–H and O–H groups in total. The molecule has 0 atom stereocenters. The van der Waals surface area contributed by atoms with Crippen molar-refractivity contribution in [3.05, 3.63) is 23.8 Å². The van der Waals surface area contributed by atoms with Crippen LogP contribution < -0.4 is 14.8 Å². The first-order chi connectivity index (χ1) is 9.95. The fourth-order valence-electron chi connectivity index (χ4n) is 2.12. The number of rotatable bonds is 8. The van der Waals surface area contributed by atoms with Crippen LogP contribution in [0, 0.1) is 5.41 Å². The van der Waals surface area contributed by atoms with Crippen LogP contribution in [0.15, 0.2) is 18.2 Å². The number of alkyl halides is 1. The first-order valence-corrected chi connectivity index (χ1v) is 8.12. The molecule has 0 fully saturated rings. The summed E-state index contributed by atoms with van der Waals surface area (Å²) in [5.74, 6) is 0.867. The van der Waals surface area contributed by atoms with Gasteiger partial charge in [0.2, 0.25) is 0 Å². The van der Waals surface area contributed by atoms with Gasteiger partial charge in [-0.25, -0.2) is 0 Å². The average molecular weight is 358 g/mol. The van der Waals surface area contributed by atoms with Crippen molar-refractivity contribution in [2.75, 3.05) is 26.1 Å². The Morgan fingerprint density at radius 2 is 1.81 bits per heavy atom. The van der Waals surface area contributed by atoms with E-state index in [0.29, 0.717) is 23.6 Å². The Labute approximate surface area is 135 Å². The van der Waals surface area contributed by atoms with E-state index >= 15 is 0 Å². The second-order valence-corrected chi connectivity index (χ2v) is 6.47. The van der Waals surface area contributed by atoms with Gasteiger partial charge >= 0.3 is 0 Å². The van der Waals surface area contributed by atoms with E-state index in [1.165, 1.54) is 0 Å². The third kappa shape index (κ3) is 5.23. The standard InChI is InChI=1S/C16H24BrNO3/c1-16(2,9-6-10-17)11-18-15(19)14-12(20-3)7-5-8-13(14)21-4/h5,7-8H,6,9-11H2,1-4H3,(H,18,19). The van der Waals surface area contributed by atoms with Gasteiger partial charge in [-0.2, -0.15) is 0 Å². The number of carbonyl (C=O) groups excluding carboxylic acids is 1. The first-order valence-electron chi connectivity index (χ1n) is 7.00. The molecule has 0 saturated carbocycles. The molecule has 21 heavy (non-hydrogen) atoms. The van der Waals surface area contributed by atoms with E-state index in [4.69, 9.17) is 9.47 Å². The summed E-state index contributed by atoms with van der Waals surface area (Å²) in [5.41, 5.74) is 0.498. The molecule has 0 unspecified atom stereocenters. The van der Waals surface area contributed by atoms with Crippen LogP contribution in [0.25, 0.3) is 0 Å². The number of carbonyl (C=O) groups is 1. The van der Waals surface area contributed by atoms with Gasteiger partial charge in [-0.1, -0.05) is 35.8 Å². The quantitative estimate of drug-likeness (QED) is 0.722. The molecule has 0 bridgehead atoms. The number of amides is 1. The van der Waals surface area contributed by atoms with Crippen LogP contribution in [0.1, 0.15) is 37.0 Å². The summed E-state index contributed by atoms with van der Waals surface area (Å²) >= 11 is 3.44. The van der Waals surface area contributed by atoms with Crippen molar-refractivity contribution in [2.45, 2.75) is 26.7 Å². The Bertz CT molecular complexity index is 452. The van der Waals surface area contributed by atoms with Crippen molar-refractivity contribution in [3.63, 3.8) is 0 Å². The van der Waals surface area contributed by atoms with Gasteiger partial charge in [-0.15, -0.1) is 0 Å². The molecule has 0 spiro atoms. The van der Waals surface area contributed by atoms with E-state index in [9.17, 15) is 4.79 Å². The predicted octanol–water partition coefficient (Wildman–Crippen LogP) is 3.63. The molecule has 118 valence electrons. The zero-order valence-corrected chi connectivity index (χ0v) is 14.7. The lowest BCUT2D eigenvalue weighted by Crippen LogP contribution is -2.34. The second-order valence-electron chi connectivity index (χ2n) is 5.68. The molecule has 0 radical (unpaired) electrons. The molecule has 0 aliphatic carbocycles. The monoisotopic (exact) mass is 357 g/mol. The Morgan fingerprint density at radius 3 is 2.29 bits per heavy atom. The Hall–Kier alpha value is -1.23. The average Bonchev–Trinajstić information content (AvgIpc) is 2.49. The largest absolute Gasteiger partial charge is 0.496 e. The minimum Gasteiger partial charge on any atom is -0.496 e. The lowest BCUT2D eigenvalue weighted by molar-refractivity contribution is 0.0928. The number of ether oxygens (including phenoxy) is 2. The number of halogens is 1. The van der Waals surface area contributed by atoms with Crippen molar-refractivity contribution in [1.82, 2.24) is 5.32 Å². The summed E-state index contributed by atoms with van der Waals surface area (Å²) in [6, 6.07) is 5.31. The summed E-state index contributed by atoms with van der Waals surface area (Å²) < 4.78 is 10.5. The van der Waals surface area contributed by atoms with Gasteiger partial charge < -0.3 is 14.8 Å². The summed E-state index contributed by atoms with van der Waals surface area (Å²) in [7, 11) is 3.09. The van der Waals surface area contributed by atoms with Crippen molar-refractivity contribution in [1.29, 1.82) is 0 Å². The maximum Gasteiger partial charge on any atom is 0.258 e. The van der Waals surface area contributed by atoms with E-state index in [-0.39, 0.29) is 11.3 Å². The number of benzene rings is 1. The first kappa shape index (κ1) is 17.8. The van der Waals surface area contributed by atoms with Gasteiger partial charge in [-0.3, -0.25) is 4.79 Å². The minimum absolute atomic E-state index is 0.0542. The maximum absolute atomic E-state index is 12.4. The fraction of sp³-hybridized carbons (Fsp3) is 0.562. The molecule has 5 heteroatoms. The molecule has 4 nitrogen and oxygen atoms in total. The summed E-state index contributed by atoms with van der Waals surface area (Å²) in [4.78, 5) is 12.4. The van der Waals surface area contributed by atoms with Crippen LogP contribution in [-0.4, -0.2) is 32.0 Å². The highest BCUT2D eigenvalue weighted by Gasteiger charge is 2.22. The zero-order chi connectivity index (χ0) is 15.9. The lowest BCUT2D eigenvalue weighted by Gasteiger charge is -2.25. The second kappa shape index (κ2) is 8.27. The highest BCUT2D eigenvalue weighted by atomic mass is 79.9. The van der Waals surface area contributed by atoms with Crippen LogP contribution in [0.2, 0.25) is 0 Å². The number of hydrogen-bond acceptors (Lipinski definition) is 3. The summed E-state index contributed by atoms with van der Waals surface area (Å²) in [5, 5.41) is 3.96. The number of hydrogen-bond donors (Lipinski definition) is 1. The molecule has 1 aromatic rings. The topological polar surface area (TPSA) is 47.6 Å². The van der Waals surface area contributed by atoms with E-state index in [2.05, 4.69) is 35.1 Å². The highest BCUT2D eigenvalue weighted by molar-refractivity contribution is 9.09. The molecule has 0 aromatic heterocycles. The fourth-order valence-corrected chi connectivity index (χ4v) is 2.40. The Balaban J connectivity index is 2.80. The summed E-state index contributed by atoms with van der Waals surface area (Å²) in [6.07, 6.45) is 2.13. The zero-order valence-electron chi connectivity index (χ0n) is 13.2. The molecule has 1 rings (SSSR count). The maximum atomic E-state index is 12.4. The number of nitrogens with one attached hydrogen (secondary N) is 1.